The number of rotatable bonds is 2. The van der Waals surface area contributed by atoms with Crippen LogP contribution in [-0.4, -0.2) is 16.7 Å². The number of imide groups is 1. The maximum atomic E-state index is 11.5. The summed E-state index contributed by atoms with van der Waals surface area (Å²) in [5.74, 6) is -0.975. The van der Waals surface area contributed by atoms with Crippen molar-refractivity contribution in [3.8, 4) is 0 Å². The minimum absolute atomic E-state index is 0.116. The summed E-state index contributed by atoms with van der Waals surface area (Å²) in [7, 11) is 0. The molecule has 2 amide bonds. The first-order chi connectivity index (χ1) is 8.02. The number of nitro groups is 1. The predicted octanol–water partition coefficient (Wildman–Crippen LogP) is 1.33. The Morgan fingerprint density at radius 1 is 1.18 bits per heavy atom. The Hall–Kier alpha value is -2.50. The average Bonchev–Trinajstić information content (AvgIpc) is 2.59. The second-order valence-electron chi connectivity index (χ2n) is 3.52. The smallest absolute Gasteiger partial charge is 0.269 e. The van der Waals surface area contributed by atoms with E-state index < -0.39 is 16.7 Å². The van der Waals surface area contributed by atoms with Gasteiger partial charge in [0.15, 0.2) is 0 Å². The largest absolute Gasteiger partial charge is 0.274 e. The maximum absolute atomic E-state index is 11.5. The molecule has 0 saturated heterocycles. The third-order valence-corrected chi connectivity index (χ3v) is 2.52. The molecule has 0 aliphatic carbocycles. The Balaban J connectivity index is 2.54. The summed E-state index contributed by atoms with van der Waals surface area (Å²) in [6, 6.07) is 4.28. The van der Waals surface area contributed by atoms with E-state index in [-0.39, 0.29) is 11.4 Å². The van der Waals surface area contributed by atoms with E-state index in [1.165, 1.54) is 25.1 Å². The number of anilines is 1. The van der Waals surface area contributed by atoms with Gasteiger partial charge in [-0.2, -0.15) is 0 Å². The molecular formula is C11H8N2O4. The fourth-order valence-electron chi connectivity index (χ4n) is 1.69. The highest BCUT2D eigenvalue weighted by atomic mass is 16.6. The standard InChI is InChI=1S/C11H8N2O4/c1-7-8(3-2-4-9(7)13(16)17)12-10(14)5-6-11(12)15/h2-6H,1H3. The van der Waals surface area contributed by atoms with E-state index in [1.54, 1.807) is 0 Å². The van der Waals surface area contributed by atoms with E-state index in [1.807, 2.05) is 0 Å². The van der Waals surface area contributed by atoms with Crippen molar-refractivity contribution in [2.24, 2.45) is 0 Å². The molecule has 6 nitrogen and oxygen atoms in total. The molecule has 0 aromatic heterocycles. The monoisotopic (exact) mass is 232 g/mol. The van der Waals surface area contributed by atoms with Crippen LogP contribution in [-0.2, 0) is 9.59 Å². The summed E-state index contributed by atoms with van der Waals surface area (Å²) in [6.45, 7) is 1.51. The highest BCUT2D eigenvalue weighted by molar-refractivity contribution is 6.28. The van der Waals surface area contributed by atoms with Gasteiger partial charge in [-0.15, -0.1) is 0 Å². The molecule has 0 spiro atoms. The predicted molar refractivity (Wildman–Crippen MR) is 59.5 cm³/mol. The molecule has 0 fully saturated rings. The molecule has 0 bridgehead atoms. The van der Waals surface area contributed by atoms with Crippen molar-refractivity contribution in [1.29, 1.82) is 0 Å². The molecule has 17 heavy (non-hydrogen) atoms. The fraction of sp³-hybridized carbons (Fsp3) is 0.0909. The van der Waals surface area contributed by atoms with Crippen molar-refractivity contribution < 1.29 is 14.5 Å². The highest BCUT2D eigenvalue weighted by Crippen LogP contribution is 2.29. The van der Waals surface area contributed by atoms with Gasteiger partial charge in [0, 0.05) is 18.2 Å². The third-order valence-electron chi connectivity index (χ3n) is 2.52. The first kappa shape index (κ1) is 11.0. The zero-order valence-corrected chi connectivity index (χ0v) is 8.91. The van der Waals surface area contributed by atoms with E-state index in [0.717, 1.165) is 17.1 Å². The van der Waals surface area contributed by atoms with Crippen molar-refractivity contribution in [2.45, 2.75) is 6.92 Å². The van der Waals surface area contributed by atoms with Gasteiger partial charge in [0.05, 0.1) is 16.2 Å². The normalized spacial score (nSPS) is 14.5. The van der Waals surface area contributed by atoms with Crippen LogP contribution in [0.1, 0.15) is 5.56 Å². The lowest BCUT2D eigenvalue weighted by atomic mass is 10.1. The topological polar surface area (TPSA) is 80.5 Å². The van der Waals surface area contributed by atoms with E-state index in [2.05, 4.69) is 0 Å². The summed E-state index contributed by atoms with van der Waals surface area (Å²) < 4.78 is 0. The van der Waals surface area contributed by atoms with Crippen LogP contribution in [0.25, 0.3) is 0 Å². The second-order valence-corrected chi connectivity index (χ2v) is 3.52. The molecule has 0 N–H and O–H groups in total. The van der Waals surface area contributed by atoms with Gasteiger partial charge in [-0.1, -0.05) is 6.07 Å². The van der Waals surface area contributed by atoms with Gasteiger partial charge in [0.2, 0.25) is 0 Å². The first-order valence-corrected chi connectivity index (χ1v) is 4.82. The molecule has 1 aromatic rings. The van der Waals surface area contributed by atoms with Gasteiger partial charge in [-0.3, -0.25) is 19.7 Å². The van der Waals surface area contributed by atoms with Gasteiger partial charge in [-0.25, -0.2) is 4.90 Å². The lowest BCUT2D eigenvalue weighted by molar-refractivity contribution is -0.385. The van der Waals surface area contributed by atoms with Crippen LogP contribution >= 0.6 is 0 Å². The molecule has 86 valence electrons. The molecular weight excluding hydrogens is 224 g/mol. The van der Waals surface area contributed by atoms with E-state index >= 15 is 0 Å². The van der Waals surface area contributed by atoms with Crippen LogP contribution < -0.4 is 4.90 Å². The summed E-state index contributed by atoms with van der Waals surface area (Å²) in [6.07, 6.45) is 2.28. The quantitative estimate of drug-likeness (QED) is 0.437. The van der Waals surface area contributed by atoms with E-state index in [9.17, 15) is 19.7 Å². The minimum atomic E-state index is -0.544. The van der Waals surface area contributed by atoms with Crippen LogP contribution in [0.15, 0.2) is 30.4 Å². The van der Waals surface area contributed by atoms with Crippen molar-refractivity contribution in [3.05, 3.63) is 46.0 Å². The molecule has 0 saturated carbocycles. The van der Waals surface area contributed by atoms with Crippen molar-refractivity contribution >= 4 is 23.2 Å². The lowest BCUT2D eigenvalue weighted by Gasteiger charge is -2.15. The van der Waals surface area contributed by atoms with Gasteiger partial charge in [0.25, 0.3) is 17.5 Å². The van der Waals surface area contributed by atoms with Gasteiger partial charge >= 0.3 is 0 Å². The van der Waals surface area contributed by atoms with Crippen LogP contribution in [0.2, 0.25) is 0 Å². The van der Waals surface area contributed by atoms with Gasteiger partial charge in [0.1, 0.15) is 0 Å². The summed E-state index contributed by atoms with van der Waals surface area (Å²) in [5.41, 5.74) is 0.428. The van der Waals surface area contributed by atoms with Gasteiger partial charge in [-0.05, 0) is 13.0 Å². The number of amides is 2. The molecule has 1 heterocycles. The van der Waals surface area contributed by atoms with E-state index in [4.69, 9.17) is 0 Å². The maximum Gasteiger partial charge on any atom is 0.274 e. The number of carbonyl (C=O) groups excluding carboxylic acids is 2. The lowest BCUT2D eigenvalue weighted by Crippen LogP contribution is -2.30. The van der Waals surface area contributed by atoms with Crippen LogP contribution in [0, 0.1) is 17.0 Å². The van der Waals surface area contributed by atoms with Gasteiger partial charge < -0.3 is 0 Å². The number of nitrogens with zero attached hydrogens (tertiary/aromatic N) is 2. The average molecular weight is 232 g/mol. The zero-order chi connectivity index (χ0) is 12.6. The molecule has 0 atom stereocenters. The number of carbonyl (C=O) groups is 2. The molecule has 0 radical (unpaired) electrons. The van der Waals surface area contributed by atoms with E-state index in [0.29, 0.717) is 5.56 Å². The molecule has 6 heteroatoms. The molecule has 0 unspecified atom stereocenters. The molecule has 1 aliphatic heterocycles. The fourth-order valence-corrected chi connectivity index (χ4v) is 1.69. The summed E-state index contributed by atoms with van der Waals surface area (Å²) in [5, 5.41) is 10.8. The molecule has 2 rings (SSSR count). The molecule has 1 aliphatic rings. The second kappa shape index (κ2) is 3.82. The summed E-state index contributed by atoms with van der Waals surface area (Å²) >= 11 is 0. The number of nitro benzene ring substituents is 1. The Labute approximate surface area is 96.3 Å². The zero-order valence-electron chi connectivity index (χ0n) is 8.91. The third kappa shape index (κ3) is 1.69. The Morgan fingerprint density at radius 2 is 1.76 bits per heavy atom. The Bertz CT molecular complexity index is 545. The van der Waals surface area contributed by atoms with Crippen molar-refractivity contribution in [1.82, 2.24) is 0 Å². The SMILES string of the molecule is Cc1c(N2C(=O)C=CC2=O)cccc1[N+](=O)[O-]. The van der Waals surface area contributed by atoms with Crippen molar-refractivity contribution in [2.75, 3.05) is 4.90 Å². The minimum Gasteiger partial charge on any atom is -0.269 e. The summed E-state index contributed by atoms with van der Waals surface area (Å²) in [4.78, 5) is 34.1. The Kier molecular flexibility index (Phi) is 2.47. The molecule has 1 aromatic carbocycles. The first-order valence-electron chi connectivity index (χ1n) is 4.82. The van der Waals surface area contributed by atoms with Crippen LogP contribution in [0.5, 0.6) is 0 Å². The highest BCUT2D eigenvalue weighted by Gasteiger charge is 2.28. The van der Waals surface area contributed by atoms with Crippen LogP contribution in [0.3, 0.4) is 0 Å². The van der Waals surface area contributed by atoms with Crippen LogP contribution in [0.4, 0.5) is 11.4 Å². The number of benzene rings is 1. The number of hydrogen-bond donors (Lipinski definition) is 0. The Morgan fingerprint density at radius 3 is 2.29 bits per heavy atom. The number of hydrogen-bond acceptors (Lipinski definition) is 4. The van der Waals surface area contributed by atoms with Crippen molar-refractivity contribution in [3.63, 3.8) is 0 Å².